The topological polar surface area (TPSA) is 59.9 Å². The van der Waals surface area contributed by atoms with Crippen LogP contribution < -0.4 is 10.1 Å². The third-order valence-corrected chi connectivity index (χ3v) is 3.46. The van der Waals surface area contributed by atoms with Gasteiger partial charge in [0.05, 0.1) is 18.8 Å². The molecule has 0 saturated heterocycles. The molecule has 5 nitrogen and oxygen atoms in total. The Balaban J connectivity index is 2.29. The number of methoxy groups -OCH3 is 1. The number of likely N-dealkylation sites (N-methyl/N-ethyl adjacent to an activating group) is 1. The number of aryl methyl sites for hydroxylation is 1. The van der Waals surface area contributed by atoms with Crippen molar-refractivity contribution in [1.29, 1.82) is 0 Å². The van der Waals surface area contributed by atoms with Gasteiger partial charge in [0.15, 0.2) is 0 Å². The van der Waals surface area contributed by atoms with Gasteiger partial charge in [0.2, 0.25) is 0 Å². The van der Waals surface area contributed by atoms with Crippen LogP contribution in [0.15, 0.2) is 24.8 Å². The largest absolute Gasteiger partial charge is 0.496 e. The van der Waals surface area contributed by atoms with E-state index >= 15 is 0 Å². The number of nitrogens with one attached hydrogen (secondary N) is 1. The number of hydrogen-bond donors (Lipinski definition) is 1. The Labute approximate surface area is 119 Å². The van der Waals surface area contributed by atoms with Crippen LogP contribution in [0.4, 0.5) is 0 Å². The normalized spacial score (nSPS) is 12.2. The Bertz CT molecular complexity index is 572. The summed E-state index contributed by atoms with van der Waals surface area (Å²) in [7, 11) is 3.62. The lowest BCUT2D eigenvalue weighted by Gasteiger charge is -2.18. The Hall–Kier alpha value is -2.01. The summed E-state index contributed by atoms with van der Waals surface area (Å²) >= 11 is 0. The van der Waals surface area contributed by atoms with Crippen LogP contribution in [0.5, 0.6) is 5.75 Å². The highest BCUT2D eigenvalue weighted by Crippen LogP contribution is 2.26. The molecule has 0 saturated carbocycles. The molecule has 0 amide bonds. The first-order chi connectivity index (χ1) is 9.67. The van der Waals surface area contributed by atoms with Crippen LogP contribution in [0, 0.1) is 13.8 Å². The van der Waals surface area contributed by atoms with Crippen molar-refractivity contribution >= 4 is 0 Å². The van der Waals surface area contributed by atoms with Crippen LogP contribution in [0.1, 0.15) is 28.6 Å². The fourth-order valence-electron chi connectivity index (χ4n) is 2.33. The van der Waals surface area contributed by atoms with Crippen LogP contribution in [-0.4, -0.2) is 29.1 Å². The maximum atomic E-state index is 5.45. The summed E-state index contributed by atoms with van der Waals surface area (Å²) in [4.78, 5) is 12.8. The van der Waals surface area contributed by atoms with Gasteiger partial charge in [-0.1, -0.05) is 0 Å². The molecule has 0 bridgehead atoms. The van der Waals surface area contributed by atoms with Gasteiger partial charge in [-0.05, 0) is 27.0 Å². The summed E-state index contributed by atoms with van der Waals surface area (Å²) in [5.41, 5.74) is 4.12. The van der Waals surface area contributed by atoms with Gasteiger partial charge < -0.3 is 10.1 Å². The van der Waals surface area contributed by atoms with E-state index in [-0.39, 0.29) is 6.04 Å². The second kappa shape index (κ2) is 6.43. The second-order valence-electron chi connectivity index (χ2n) is 4.73. The fraction of sp³-hybridized carbons (Fsp3) is 0.400. The van der Waals surface area contributed by atoms with E-state index < -0.39 is 0 Å². The quantitative estimate of drug-likeness (QED) is 0.902. The Morgan fingerprint density at radius 1 is 1.30 bits per heavy atom. The molecular weight excluding hydrogens is 252 g/mol. The van der Waals surface area contributed by atoms with E-state index in [0.29, 0.717) is 0 Å². The first-order valence-electron chi connectivity index (χ1n) is 6.59. The Kier molecular flexibility index (Phi) is 4.63. The van der Waals surface area contributed by atoms with E-state index in [0.717, 1.165) is 34.7 Å². The summed E-state index contributed by atoms with van der Waals surface area (Å²) in [5, 5.41) is 3.28. The van der Waals surface area contributed by atoms with Gasteiger partial charge in [0.1, 0.15) is 12.1 Å². The smallest absolute Gasteiger partial charge is 0.128 e. The number of ether oxygens (including phenoxy) is 1. The average Bonchev–Trinajstić information content (AvgIpc) is 2.48. The van der Waals surface area contributed by atoms with Crippen LogP contribution >= 0.6 is 0 Å². The van der Waals surface area contributed by atoms with E-state index in [4.69, 9.17) is 4.74 Å². The molecule has 1 N–H and O–H groups in total. The predicted molar refractivity (Wildman–Crippen MR) is 77.8 cm³/mol. The van der Waals surface area contributed by atoms with Gasteiger partial charge in [-0.25, -0.2) is 9.97 Å². The van der Waals surface area contributed by atoms with E-state index in [1.54, 1.807) is 19.6 Å². The van der Waals surface area contributed by atoms with Crippen LogP contribution in [0.3, 0.4) is 0 Å². The number of rotatable bonds is 5. The summed E-state index contributed by atoms with van der Waals surface area (Å²) in [6.07, 6.45) is 5.93. The monoisotopic (exact) mass is 272 g/mol. The second-order valence-corrected chi connectivity index (χ2v) is 4.73. The highest BCUT2D eigenvalue weighted by atomic mass is 16.5. The van der Waals surface area contributed by atoms with Gasteiger partial charge in [-0.2, -0.15) is 0 Å². The standard InChI is InChI=1S/C15H20N4O/c1-10-8-18-13(11(2)15(10)20-4)7-14(16-3)12-5-6-17-9-19-12/h5-6,8-9,14,16H,7H2,1-4H3. The van der Waals surface area contributed by atoms with Crippen molar-refractivity contribution in [2.45, 2.75) is 26.3 Å². The highest BCUT2D eigenvalue weighted by molar-refractivity contribution is 5.41. The number of hydrogen-bond acceptors (Lipinski definition) is 5. The zero-order valence-electron chi connectivity index (χ0n) is 12.3. The third-order valence-electron chi connectivity index (χ3n) is 3.46. The lowest BCUT2D eigenvalue weighted by atomic mass is 10.0. The van der Waals surface area contributed by atoms with E-state index in [2.05, 4.69) is 20.3 Å². The molecule has 2 aromatic rings. The van der Waals surface area contributed by atoms with E-state index in [1.807, 2.05) is 33.2 Å². The van der Waals surface area contributed by atoms with Crippen LogP contribution in [-0.2, 0) is 6.42 Å². The molecule has 0 aliphatic rings. The first-order valence-corrected chi connectivity index (χ1v) is 6.59. The molecular formula is C15H20N4O. The maximum Gasteiger partial charge on any atom is 0.128 e. The fourth-order valence-corrected chi connectivity index (χ4v) is 2.33. The molecule has 0 spiro atoms. The predicted octanol–water partition coefficient (Wildman–Crippen LogP) is 2.00. The van der Waals surface area contributed by atoms with Crippen molar-refractivity contribution < 1.29 is 4.74 Å². The molecule has 0 aliphatic carbocycles. The minimum absolute atomic E-state index is 0.108. The zero-order chi connectivity index (χ0) is 14.5. The molecule has 1 atom stereocenters. The molecule has 2 heterocycles. The Morgan fingerprint density at radius 3 is 2.70 bits per heavy atom. The molecule has 1 unspecified atom stereocenters. The van der Waals surface area contributed by atoms with Gasteiger partial charge in [-0.15, -0.1) is 0 Å². The van der Waals surface area contributed by atoms with Crippen molar-refractivity contribution in [3.63, 3.8) is 0 Å². The zero-order valence-corrected chi connectivity index (χ0v) is 12.3. The molecule has 2 rings (SSSR count). The van der Waals surface area contributed by atoms with E-state index in [9.17, 15) is 0 Å². The maximum absolute atomic E-state index is 5.45. The molecule has 0 fully saturated rings. The lowest BCUT2D eigenvalue weighted by Crippen LogP contribution is -2.21. The van der Waals surface area contributed by atoms with Crippen molar-refractivity contribution in [3.05, 3.63) is 47.3 Å². The van der Waals surface area contributed by atoms with Gasteiger partial charge in [-0.3, -0.25) is 4.98 Å². The molecule has 0 aromatic carbocycles. The number of pyridine rings is 1. The van der Waals surface area contributed by atoms with Gasteiger partial charge in [0, 0.05) is 35.6 Å². The highest BCUT2D eigenvalue weighted by Gasteiger charge is 2.16. The minimum Gasteiger partial charge on any atom is -0.496 e. The van der Waals surface area contributed by atoms with Crippen molar-refractivity contribution in [2.75, 3.05) is 14.2 Å². The molecule has 0 aliphatic heterocycles. The van der Waals surface area contributed by atoms with E-state index in [1.165, 1.54) is 0 Å². The van der Waals surface area contributed by atoms with Crippen molar-refractivity contribution in [1.82, 2.24) is 20.3 Å². The number of aromatic nitrogens is 3. The Morgan fingerprint density at radius 2 is 2.10 bits per heavy atom. The van der Waals surface area contributed by atoms with Crippen molar-refractivity contribution in [3.8, 4) is 5.75 Å². The average molecular weight is 272 g/mol. The van der Waals surface area contributed by atoms with Crippen LogP contribution in [0.25, 0.3) is 0 Å². The molecule has 2 aromatic heterocycles. The third kappa shape index (κ3) is 2.93. The lowest BCUT2D eigenvalue weighted by molar-refractivity contribution is 0.406. The van der Waals surface area contributed by atoms with Gasteiger partial charge >= 0.3 is 0 Å². The SMILES string of the molecule is CNC(Cc1ncc(C)c(OC)c1C)c1ccncn1. The number of nitrogens with zero attached hydrogens (tertiary/aromatic N) is 3. The molecule has 106 valence electrons. The summed E-state index contributed by atoms with van der Waals surface area (Å²) in [5.74, 6) is 0.910. The van der Waals surface area contributed by atoms with Crippen LogP contribution in [0.2, 0.25) is 0 Å². The first kappa shape index (κ1) is 14.4. The summed E-state index contributed by atoms with van der Waals surface area (Å²) < 4.78 is 5.45. The van der Waals surface area contributed by atoms with Crippen molar-refractivity contribution in [2.24, 2.45) is 0 Å². The molecule has 5 heteroatoms. The summed E-state index contributed by atoms with van der Waals surface area (Å²) in [6, 6.07) is 2.03. The minimum atomic E-state index is 0.108. The molecule has 20 heavy (non-hydrogen) atoms. The summed E-state index contributed by atoms with van der Waals surface area (Å²) in [6.45, 7) is 4.05. The van der Waals surface area contributed by atoms with Gasteiger partial charge in [0.25, 0.3) is 0 Å². The molecule has 0 radical (unpaired) electrons.